The number of hydrogen-bond donors (Lipinski definition) is 1. The molecule has 0 radical (unpaired) electrons. The average molecular weight is 383 g/mol. The zero-order chi connectivity index (χ0) is 19.2. The van der Waals surface area contributed by atoms with Crippen LogP contribution in [0.3, 0.4) is 0 Å². The van der Waals surface area contributed by atoms with Crippen molar-refractivity contribution >= 4 is 29.3 Å². The van der Waals surface area contributed by atoms with E-state index in [0.717, 1.165) is 24.2 Å². The molecule has 1 saturated heterocycles. The van der Waals surface area contributed by atoms with Crippen molar-refractivity contribution in [1.29, 1.82) is 0 Å². The Balaban J connectivity index is 1.58. The van der Waals surface area contributed by atoms with Crippen molar-refractivity contribution in [1.82, 2.24) is 10.2 Å². The molecule has 1 heterocycles. The molecule has 27 heavy (non-hydrogen) atoms. The molecule has 3 amide bonds. The molecule has 0 spiro atoms. The van der Waals surface area contributed by atoms with E-state index in [2.05, 4.69) is 5.32 Å². The molecular weight excluding hydrogens is 364 g/mol. The minimum atomic E-state index is -1.28. The number of carbonyl (C=O) groups excluding carboxylic acids is 3. The third-order valence-corrected chi connectivity index (χ3v) is 5.74. The Morgan fingerprint density at radius 1 is 1.15 bits per heavy atom. The maximum atomic E-state index is 13.0. The molecule has 2 aliphatic rings. The summed E-state index contributed by atoms with van der Waals surface area (Å²) in [6, 6.07) is 11.9. The smallest absolute Gasteiger partial charge is 0.319 e. The van der Waals surface area contributed by atoms with E-state index in [1.807, 2.05) is 12.1 Å². The van der Waals surface area contributed by atoms with Gasteiger partial charge in [0.1, 0.15) is 5.54 Å². The van der Waals surface area contributed by atoms with Crippen molar-refractivity contribution in [3.63, 3.8) is 0 Å². The monoisotopic (exact) mass is 382 g/mol. The number of Topliss-reactive ketones (excluding diaryl/α,β-unsaturated/α-hetero) is 1. The van der Waals surface area contributed by atoms with Gasteiger partial charge in [-0.05, 0) is 49.4 Å². The molecule has 1 fully saturated rings. The molecule has 2 aromatic carbocycles. The molecule has 0 bridgehead atoms. The average Bonchev–Trinajstić information content (AvgIpc) is 3.20. The fourth-order valence-electron chi connectivity index (χ4n) is 3.87. The Morgan fingerprint density at radius 2 is 1.89 bits per heavy atom. The quantitative estimate of drug-likeness (QED) is 0.650. The van der Waals surface area contributed by atoms with Crippen LogP contribution in [0.25, 0.3) is 0 Å². The second-order valence-electron chi connectivity index (χ2n) is 7.19. The number of rotatable bonds is 4. The number of urea groups is 1. The van der Waals surface area contributed by atoms with Crippen molar-refractivity contribution in [2.24, 2.45) is 0 Å². The van der Waals surface area contributed by atoms with Gasteiger partial charge < -0.3 is 5.32 Å². The van der Waals surface area contributed by atoms with Crippen LogP contribution in [0.1, 0.15) is 40.4 Å². The predicted molar refractivity (Wildman–Crippen MR) is 102 cm³/mol. The minimum Gasteiger partial charge on any atom is -0.319 e. The number of aryl methyl sites for hydroxylation is 2. The number of benzene rings is 2. The van der Waals surface area contributed by atoms with Crippen LogP contribution in [0.2, 0.25) is 5.02 Å². The summed E-state index contributed by atoms with van der Waals surface area (Å²) >= 11 is 6.22. The topological polar surface area (TPSA) is 66.5 Å². The Morgan fingerprint density at radius 3 is 2.67 bits per heavy atom. The predicted octanol–water partition coefficient (Wildman–Crippen LogP) is 3.48. The zero-order valence-corrected chi connectivity index (χ0v) is 15.7. The standard InChI is InChI=1S/C21H19ClN2O3/c1-21(16-7-2-3-8-17(16)22)19(26)24(20(27)23-21)12-18(25)15-10-9-13-5-4-6-14(13)11-15/h2-3,7-11H,4-6,12H2,1H3,(H,23,27)/t21-/m0/s1. The van der Waals surface area contributed by atoms with Crippen LogP contribution >= 0.6 is 11.6 Å². The summed E-state index contributed by atoms with van der Waals surface area (Å²) in [6.07, 6.45) is 3.09. The van der Waals surface area contributed by atoms with E-state index in [0.29, 0.717) is 16.1 Å². The van der Waals surface area contributed by atoms with Crippen molar-refractivity contribution < 1.29 is 14.4 Å². The highest BCUT2D eigenvalue weighted by molar-refractivity contribution is 6.32. The highest BCUT2D eigenvalue weighted by Gasteiger charge is 2.50. The third-order valence-electron chi connectivity index (χ3n) is 5.41. The van der Waals surface area contributed by atoms with Gasteiger partial charge in [-0.1, -0.05) is 41.9 Å². The summed E-state index contributed by atoms with van der Waals surface area (Å²) in [5.41, 5.74) is 2.21. The molecule has 2 aromatic rings. The van der Waals surface area contributed by atoms with Gasteiger partial charge in [-0.25, -0.2) is 4.79 Å². The van der Waals surface area contributed by atoms with Crippen LogP contribution in [0.5, 0.6) is 0 Å². The third kappa shape index (κ3) is 2.92. The fourth-order valence-corrected chi connectivity index (χ4v) is 4.19. The van der Waals surface area contributed by atoms with Gasteiger partial charge in [0.2, 0.25) is 0 Å². The number of halogens is 1. The van der Waals surface area contributed by atoms with Crippen LogP contribution in [-0.4, -0.2) is 29.2 Å². The number of hydrogen-bond acceptors (Lipinski definition) is 3. The largest absolute Gasteiger partial charge is 0.325 e. The van der Waals surface area contributed by atoms with Gasteiger partial charge in [0.15, 0.2) is 5.78 Å². The van der Waals surface area contributed by atoms with E-state index in [1.54, 1.807) is 37.3 Å². The number of amides is 3. The van der Waals surface area contributed by atoms with Crippen LogP contribution < -0.4 is 5.32 Å². The van der Waals surface area contributed by atoms with Crippen molar-refractivity contribution in [2.45, 2.75) is 31.7 Å². The maximum absolute atomic E-state index is 13.0. The first-order valence-electron chi connectivity index (χ1n) is 8.94. The molecule has 1 aliphatic carbocycles. The highest BCUT2D eigenvalue weighted by atomic mass is 35.5. The lowest BCUT2D eigenvalue weighted by atomic mass is 9.92. The molecule has 1 aliphatic heterocycles. The van der Waals surface area contributed by atoms with Gasteiger partial charge in [-0.3, -0.25) is 14.5 Å². The minimum absolute atomic E-state index is 0.253. The van der Waals surface area contributed by atoms with Gasteiger partial charge in [0.05, 0.1) is 6.54 Å². The lowest BCUT2D eigenvalue weighted by Crippen LogP contribution is -2.41. The fraction of sp³-hybridized carbons (Fsp3) is 0.286. The van der Waals surface area contributed by atoms with Crippen molar-refractivity contribution in [3.8, 4) is 0 Å². The van der Waals surface area contributed by atoms with Crippen LogP contribution in [-0.2, 0) is 23.2 Å². The second-order valence-corrected chi connectivity index (χ2v) is 7.59. The van der Waals surface area contributed by atoms with E-state index in [4.69, 9.17) is 11.6 Å². The van der Waals surface area contributed by atoms with Gasteiger partial charge in [0.25, 0.3) is 5.91 Å². The molecular formula is C21H19ClN2O3. The first-order valence-corrected chi connectivity index (χ1v) is 9.32. The normalized spacial score (nSPS) is 21.3. The van der Waals surface area contributed by atoms with E-state index in [1.165, 1.54) is 11.1 Å². The van der Waals surface area contributed by atoms with E-state index in [9.17, 15) is 14.4 Å². The number of ketones is 1. The number of nitrogens with zero attached hydrogens (tertiary/aromatic N) is 1. The Hall–Kier alpha value is -2.66. The Kier molecular flexibility index (Phi) is 4.27. The summed E-state index contributed by atoms with van der Waals surface area (Å²) in [6.45, 7) is 1.32. The zero-order valence-electron chi connectivity index (χ0n) is 14.9. The number of nitrogens with one attached hydrogen (secondary N) is 1. The van der Waals surface area contributed by atoms with Crippen LogP contribution in [0.4, 0.5) is 4.79 Å². The van der Waals surface area contributed by atoms with Gasteiger partial charge in [-0.2, -0.15) is 0 Å². The summed E-state index contributed by atoms with van der Waals surface area (Å²) in [7, 11) is 0. The Bertz CT molecular complexity index is 972. The summed E-state index contributed by atoms with van der Waals surface area (Å²) in [5, 5.41) is 3.08. The van der Waals surface area contributed by atoms with E-state index < -0.39 is 17.5 Å². The summed E-state index contributed by atoms with van der Waals surface area (Å²) in [5.74, 6) is -0.730. The van der Waals surface area contributed by atoms with Gasteiger partial charge >= 0.3 is 6.03 Å². The second kappa shape index (κ2) is 6.50. The van der Waals surface area contributed by atoms with Crippen LogP contribution in [0.15, 0.2) is 42.5 Å². The van der Waals surface area contributed by atoms with Gasteiger partial charge in [0, 0.05) is 16.1 Å². The van der Waals surface area contributed by atoms with E-state index in [-0.39, 0.29) is 12.3 Å². The van der Waals surface area contributed by atoms with Crippen molar-refractivity contribution in [3.05, 3.63) is 69.7 Å². The first kappa shape index (κ1) is 17.7. The Labute approximate surface area is 162 Å². The molecule has 1 atom stereocenters. The van der Waals surface area contributed by atoms with E-state index >= 15 is 0 Å². The SMILES string of the molecule is C[C@@]1(c2ccccc2Cl)NC(=O)N(CC(=O)c2ccc3c(c2)CCC3)C1=O. The first-order chi connectivity index (χ1) is 12.9. The number of carbonyl (C=O) groups is 3. The molecule has 138 valence electrons. The molecule has 6 heteroatoms. The lowest BCUT2D eigenvalue weighted by molar-refractivity contribution is -0.130. The summed E-state index contributed by atoms with van der Waals surface area (Å²) < 4.78 is 0. The van der Waals surface area contributed by atoms with Crippen molar-refractivity contribution in [2.75, 3.05) is 6.54 Å². The molecule has 1 N–H and O–H groups in total. The highest BCUT2D eigenvalue weighted by Crippen LogP contribution is 2.33. The molecule has 5 nitrogen and oxygen atoms in total. The lowest BCUT2D eigenvalue weighted by Gasteiger charge is -2.23. The maximum Gasteiger partial charge on any atom is 0.325 e. The molecule has 4 rings (SSSR count). The van der Waals surface area contributed by atoms with Gasteiger partial charge in [-0.15, -0.1) is 0 Å². The molecule has 0 aromatic heterocycles. The summed E-state index contributed by atoms with van der Waals surface area (Å²) in [4.78, 5) is 39.1. The molecule has 0 unspecified atom stereocenters. The number of fused-ring (bicyclic) bond motifs is 1. The molecule has 0 saturated carbocycles. The number of imide groups is 1. The van der Waals surface area contributed by atoms with Crippen LogP contribution in [0, 0.1) is 0 Å².